The van der Waals surface area contributed by atoms with Gasteiger partial charge in [-0.25, -0.2) is 4.98 Å². The molecule has 4 heteroatoms. The summed E-state index contributed by atoms with van der Waals surface area (Å²) in [6.07, 6.45) is 1.92. The molecule has 4 nitrogen and oxygen atoms in total. The molecule has 1 aliphatic rings. The average Bonchev–Trinajstić information content (AvgIpc) is 2.39. The van der Waals surface area contributed by atoms with E-state index >= 15 is 0 Å². The van der Waals surface area contributed by atoms with E-state index in [1.165, 1.54) is 10.6 Å². The predicted octanol–water partition coefficient (Wildman–Crippen LogP) is 0.633. The zero-order chi connectivity index (χ0) is 12.7. The monoisotopic (exact) mass is 242 g/mol. The Labute approximate surface area is 105 Å². The smallest absolute Gasteiger partial charge is 0.265 e. The minimum Gasteiger partial charge on any atom is -0.299 e. The maximum atomic E-state index is 12.4. The van der Waals surface area contributed by atoms with Crippen molar-refractivity contribution in [3.63, 3.8) is 0 Å². The molecule has 1 unspecified atom stereocenters. The maximum absolute atomic E-state index is 12.4. The molecule has 1 aromatic carbocycles. The fourth-order valence-corrected chi connectivity index (χ4v) is 2.47. The van der Waals surface area contributed by atoms with E-state index in [4.69, 9.17) is 0 Å². The predicted molar refractivity (Wildman–Crippen MR) is 71.2 cm³/mol. The molecule has 0 saturated carbocycles. The standard InChI is InChI=1S/C14H15N3O/c1-3-16-9-13-15-12-7-5-4-6-11(12)14(18)17(13)8-10(16)2/h4-8H,3,9H2,1-2H3/p+1. The van der Waals surface area contributed by atoms with E-state index < -0.39 is 0 Å². The summed E-state index contributed by atoms with van der Waals surface area (Å²) >= 11 is 0. The number of nitrogens with zero attached hydrogens (tertiary/aromatic N) is 2. The number of quaternary nitrogens is 1. The van der Waals surface area contributed by atoms with Gasteiger partial charge in [0.1, 0.15) is 12.2 Å². The van der Waals surface area contributed by atoms with Crippen molar-refractivity contribution >= 4 is 17.1 Å². The van der Waals surface area contributed by atoms with Gasteiger partial charge < -0.3 is 0 Å². The normalized spacial score (nSPS) is 18.6. The molecule has 18 heavy (non-hydrogen) atoms. The molecule has 3 rings (SSSR count). The zero-order valence-electron chi connectivity index (χ0n) is 10.6. The van der Waals surface area contributed by atoms with Gasteiger partial charge in [0, 0.05) is 6.92 Å². The maximum Gasteiger partial charge on any atom is 0.265 e. The Balaban J connectivity index is 2.31. The van der Waals surface area contributed by atoms with Gasteiger partial charge in [-0.05, 0) is 19.1 Å². The SMILES string of the molecule is CC[NH+]1Cc2nc3ccccc3c(=O)n2C=C1C. The fourth-order valence-electron chi connectivity index (χ4n) is 2.47. The topological polar surface area (TPSA) is 39.3 Å². The second kappa shape index (κ2) is 4.07. The molecule has 2 heterocycles. The van der Waals surface area contributed by atoms with E-state index in [0.717, 1.165) is 24.4 Å². The third-order valence-electron chi connectivity index (χ3n) is 3.56. The summed E-state index contributed by atoms with van der Waals surface area (Å²) < 4.78 is 1.69. The number of hydrogen-bond acceptors (Lipinski definition) is 2. The van der Waals surface area contributed by atoms with Crippen molar-refractivity contribution in [1.82, 2.24) is 9.55 Å². The van der Waals surface area contributed by atoms with E-state index in [1.807, 2.05) is 30.5 Å². The molecule has 0 aliphatic carbocycles. The van der Waals surface area contributed by atoms with E-state index in [-0.39, 0.29) is 5.56 Å². The molecule has 2 aromatic rings. The molecule has 0 saturated heterocycles. The van der Waals surface area contributed by atoms with Crippen LogP contribution in [0.4, 0.5) is 0 Å². The number of allylic oxidation sites excluding steroid dienone is 1. The molecule has 1 N–H and O–H groups in total. The summed E-state index contributed by atoms with van der Waals surface area (Å²) in [4.78, 5) is 18.3. The largest absolute Gasteiger partial charge is 0.299 e. The van der Waals surface area contributed by atoms with Crippen LogP contribution in [-0.2, 0) is 6.54 Å². The van der Waals surface area contributed by atoms with Crippen LogP contribution in [0.25, 0.3) is 17.1 Å². The first-order chi connectivity index (χ1) is 8.70. The molecule has 1 aliphatic heterocycles. The van der Waals surface area contributed by atoms with E-state index in [9.17, 15) is 4.79 Å². The highest BCUT2D eigenvalue weighted by Crippen LogP contribution is 2.09. The summed E-state index contributed by atoms with van der Waals surface area (Å²) in [7, 11) is 0. The van der Waals surface area contributed by atoms with Gasteiger partial charge in [0.2, 0.25) is 0 Å². The number of nitrogens with one attached hydrogen (secondary N) is 1. The van der Waals surface area contributed by atoms with Crippen LogP contribution in [0.3, 0.4) is 0 Å². The summed E-state index contributed by atoms with van der Waals surface area (Å²) in [5, 5.41) is 0.685. The minimum absolute atomic E-state index is 0.0325. The van der Waals surface area contributed by atoms with Gasteiger partial charge in [0.25, 0.3) is 5.56 Å². The Bertz CT molecular complexity index is 700. The van der Waals surface area contributed by atoms with Crippen molar-refractivity contribution in [1.29, 1.82) is 0 Å². The molecule has 92 valence electrons. The minimum atomic E-state index is 0.0325. The molecule has 1 atom stereocenters. The van der Waals surface area contributed by atoms with Crippen molar-refractivity contribution < 1.29 is 4.90 Å². The van der Waals surface area contributed by atoms with Crippen LogP contribution in [0, 0.1) is 0 Å². The molecular weight excluding hydrogens is 226 g/mol. The highest BCUT2D eigenvalue weighted by molar-refractivity contribution is 5.77. The fraction of sp³-hybridized carbons (Fsp3) is 0.286. The average molecular weight is 242 g/mol. The first-order valence-electron chi connectivity index (χ1n) is 6.24. The molecule has 0 amide bonds. The van der Waals surface area contributed by atoms with Crippen LogP contribution >= 0.6 is 0 Å². The Kier molecular flexibility index (Phi) is 2.52. The second-order valence-corrected chi connectivity index (χ2v) is 4.67. The van der Waals surface area contributed by atoms with E-state index in [2.05, 4.69) is 18.8 Å². The third kappa shape index (κ3) is 1.57. The zero-order valence-corrected chi connectivity index (χ0v) is 10.6. The van der Waals surface area contributed by atoms with Crippen molar-refractivity contribution in [2.24, 2.45) is 0 Å². The van der Waals surface area contributed by atoms with Crippen molar-refractivity contribution in [2.45, 2.75) is 20.4 Å². The second-order valence-electron chi connectivity index (χ2n) is 4.67. The van der Waals surface area contributed by atoms with Gasteiger partial charge in [-0.3, -0.25) is 14.3 Å². The highest BCUT2D eigenvalue weighted by Gasteiger charge is 2.21. The lowest BCUT2D eigenvalue weighted by Crippen LogP contribution is -3.09. The number of aromatic nitrogens is 2. The molecule has 0 bridgehead atoms. The number of rotatable bonds is 1. The Morgan fingerprint density at radius 2 is 2.17 bits per heavy atom. The van der Waals surface area contributed by atoms with Gasteiger partial charge in [-0.2, -0.15) is 0 Å². The van der Waals surface area contributed by atoms with Gasteiger partial charge in [0.15, 0.2) is 5.82 Å². The highest BCUT2D eigenvalue weighted by atomic mass is 16.1. The van der Waals surface area contributed by atoms with Crippen LogP contribution in [0.1, 0.15) is 19.7 Å². The van der Waals surface area contributed by atoms with Crippen LogP contribution in [0.5, 0.6) is 0 Å². The summed E-state index contributed by atoms with van der Waals surface area (Å²) in [6.45, 7) is 5.98. The molecule has 0 fully saturated rings. The number of fused-ring (bicyclic) bond motifs is 2. The molecule has 0 spiro atoms. The molecular formula is C14H16N3O+. The lowest BCUT2D eigenvalue weighted by molar-refractivity contribution is -0.874. The van der Waals surface area contributed by atoms with Crippen molar-refractivity contribution in [3.8, 4) is 0 Å². The molecule has 0 radical (unpaired) electrons. The van der Waals surface area contributed by atoms with Gasteiger partial charge in [0.05, 0.1) is 23.6 Å². The van der Waals surface area contributed by atoms with Crippen LogP contribution in [0.2, 0.25) is 0 Å². The van der Waals surface area contributed by atoms with Crippen molar-refractivity contribution in [3.05, 3.63) is 46.1 Å². The Morgan fingerprint density at radius 3 is 2.94 bits per heavy atom. The first-order valence-corrected chi connectivity index (χ1v) is 6.24. The van der Waals surface area contributed by atoms with Crippen LogP contribution in [0.15, 0.2) is 34.8 Å². The van der Waals surface area contributed by atoms with E-state index in [1.54, 1.807) is 4.57 Å². The third-order valence-corrected chi connectivity index (χ3v) is 3.56. The first kappa shape index (κ1) is 11.2. The lowest BCUT2D eigenvalue weighted by atomic mass is 10.2. The number of benzene rings is 1. The number of para-hydroxylation sites is 1. The van der Waals surface area contributed by atoms with Crippen molar-refractivity contribution in [2.75, 3.05) is 6.54 Å². The summed E-state index contributed by atoms with van der Waals surface area (Å²) in [5.41, 5.74) is 2.01. The van der Waals surface area contributed by atoms with Gasteiger partial charge >= 0.3 is 0 Å². The van der Waals surface area contributed by atoms with E-state index in [0.29, 0.717) is 5.39 Å². The molecule has 1 aromatic heterocycles. The van der Waals surface area contributed by atoms with Crippen LogP contribution < -0.4 is 10.5 Å². The van der Waals surface area contributed by atoms with Gasteiger partial charge in [-0.1, -0.05) is 12.1 Å². The summed E-state index contributed by atoms with van der Waals surface area (Å²) in [6, 6.07) is 7.52. The Morgan fingerprint density at radius 1 is 1.39 bits per heavy atom. The van der Waals surface area contributed by atoms with Gasteiger partial charge in [-0.15, -0.1) is 0 Å². The lowest BCUT2D eigenvalue weighted by Gasteiger charge is -2.23. The summed E-state index contributed by atoms with van der Waals surface area (Å²) in [5.74, 6) is 0.848. The van der Waals surface area contributed by atoms with Crippen LogP contribution in [-0.4, -0.2) is 16.1 Å². The number of hydrogen-bond donors (Lipinski definition) is 1. The Hall–Kier alpha value is -1.94. The quantitative estimate of drug-likeness (QED) is 0.797.